The molecule has 0 aliphatic carbocycles. The van der Waals surface area contributed by atoms with Crippen LogP contribution in [0.1, 0.15) is 43.9 Å². The van der Waals surface area contributed by atoms with E-state index in [0.717, 1.165) is 37.9 Å². The van der Waals surface area contributed by atoms with Gasteiger partial charge in [0.25, 0.3) is 0 Å². The van der Waals surface area contributed by atoms with Crippen molar-refractivity contribution < 1.29 is 19.1 Å². The summed E-state index contributed by atoms with van der Waals surface area (Å²) in [4.78, 5) is 44.3. The third kappa shape index (κ3) is 9.98. The lowest BCUT2D eigenvalue weighted by molar-refractivity contribution is -0.135. The van der Waals surface area contributed by atoms with Crippen LogP contribution >= 0.6 is 11.6 Å². The molecule has 8 nitrogen and oxygen atoms in total. The van der Waals surface area contributed by atoms with Gasteiger partial charge in [0, 0.05) is 49.1 Å². The summed E-state index contributed by atoms with van der Waals surface area (Å²) in [5.74, 6) is -1.02. The maximum Gasteiger partial charge on any atom is 0.244 e. The van der Waals surface area contributed by atoms with Crippen LogP contribution in [0.15, 0.2) is 54.7 Å². The van der Waals surface area contributed by atoms with Crippen LogP contribution in [0.4, 0.5) is 0 Å². The second-order valence-electron chi connectivity index (χ2n) is 8.99. The lowest BCUT2D eigenvalue weighted by Crippen LogP contribution is -2.51. The molecule has 1 atom stereocenters. The Balaban J connectivity index is 1.53. The number of unbranched alkanes of at least 4 members (excludes halogenated alkanes) is 1. The van der Waals surface area contributed by atoms with E-state index in [4.69, 9.17) is 16.3 Å². The molecule has 1 aliphatic rings. The lowest BCUT2D eigenvalue weighted by atomic mass is 10.1. The first-order valence-corrected chi connectivity index (χ1v) is 13.1. The monoisotopic (exact) mass is 526 g/mol. The van der Waals surface area contributed by atoms with Crippen LogP contribution in [0.2, 0.25) is 5.02 Å². The van der Waals surface area contributed by atoms with Gasteiger partial charge in [-0.3, -0.25) is 19.4 Å². The molecule has 0 spiro atoms. The summed E-state index contributed by atoms with van der Waals surface area (Å²) in [7, 11) is 0. The smallest absolute Gasteiger partial charge is 0.244 e. The topological polar surface area (TPSA) is 101 Å². The zero-order chi connectivity index (χ0) is 26.5. The highest BCUT2D eigenvalue weighted by molar-refractivity contribution is 6.30. The number of carbonyl (C=O) groups excluding carboxylic acids is 3. The maximum atomic E-state index is 13.0. The molecule has 1 aromatic carbocycles. The van der Waals surface area contributed by atoms with E-state index in [0.29, 0.717) is 23.8 Å². The number of pyridine rings is 1. The number of hydrogen-bond donors (Lipinski definition) is 2. The number of halogens is 1. The molecule has 1 fully saturated rings. The number of nitrogens with zero attached hydrogens (tertiary/aromatic N) is 2. The molecule has 198 valence electrons. The quantitative estimate of drug-likeness (QED) is 0.326. The van der Waals surface area contributed by atoms with Crippen molar-refractivity contribution in [2.45, 2.75) is 51.2 Å². The molecule has 0 saturated carbocycles. The van der Waals surface area contributed by atoms with Crippen LogP contribution in [0.25, 0.3) is 6.08 Å². The third-order valence-corrected chi connectivity index (χ3v) is 6.38. The van der Waals surface area contributed by atoms with E-state index in [1.807, 2.05) is 6.07 Å². The molecule has 37 heavy (non-hydrogen) atoms. The summed E-state index contributed by atoms with van der Waals surface area (Å²) in [6, 6.07) is 11.5. The zero-order valence-electron chi connectivity index (χ0n) is 21.2. The van der Waals surface area contributed by atoms with Crippen LogP contribution in [0.5, 0.6) is 0 Å². The van der Waals surface area contributed by atoms with Crippen molar-refractivity contribution in [1.82, 2.24) is 20.5 Å². The average Bonchev–Trinajstić information content (AvgIpc) is 2.92. The highest BCUT2D eigenvalue weighted by Crippen LogP contribution is 2.14. The summed E-state index contributed by atoms with van der Waals surface area (Å²) >= 11 is 5.90. The molecule has 1 saturated heterocycles. The number of piperidine rings is 1. The molecule has 9 heteroatoms. The van der Waals surface area contributed by atoms with Crippen LogP contribution in [-0.4, -0.2) is 66.0 Å². The van der Waals surface area contributed by atoms with Gasteiger partial charge in [-0.1, -0.05) is 43.1 Å². The van der Waals surface area contributed by atoms with Gasteiger partial charge >= 0.3 is 0 Å². The fraction of sp³-hybridized carbons (Fsp3) is 0.429. The number of aromatic nitrogens is 1. The molecule has 3 amide bonds. The van der Waals surface area contributed by atoms with E-state index in [-0.39, 0.29) is 25.0 Å². The van der Waals surface area contributed by atoms with Gasteiger partial charge in [-0.15, -0.1) is 0 Å². The number of carbonyl (C=O) groups is 3. The number of ether oxygens (including phenoxy) is 1. The summed E-state index contributed by atoms with van der Waals surface area (Å²) in [5, 5.41) is 6.04. The van der Waals surface area contributed by atoms with Gasteiger partial charge < -0.3 is 20.3 Å². The van der Waals surface area contributed by atoms with E-state index < -0.39 is 17.9 Å². The zero-order valence-corrected chi connectivity index (χ0v) is 22.0. The minimum Gasteiger partial charge on any atom is -0.378 e. The number of benzene rings is 1. The van der Waals surface area contributed by atoms with Crippen molar-refractivity contribution in [3.05, 3.63) is 71.0 Å². The molecule has 2 aromatic rings. The molecule has 3 rings (SSSR count). The summed E-state index contributed by atoms with van der Waals surface area (Å²) < 4.78 is 5.86. The first kappa shape index (κ1) is 28.3. The Labute approximate surface area is 223 Å². The fourth-order valence-electron chi connectivity index (χ4n) is 3.97. The third-order valence-electron chi connectivity index (χ3n) is 6.13. The molecule has 2 N–H and O–H groups in total. The molecule has 1 aliphatic heterocycles. The summed E-state index contributed by atoms with van der Waals surface area (Å²) in [6.45, 7) is 3.96. The Kier molecular flexibility index (Phi) is 11.6. The average molecular weight is 527 g/mol. The van der Waals surface area contributed by atoms with Gasteiger partial charge in [0.1, 0.15) is 6.04 Å². The Bertz CT molecular complexity index is 1040. The van der Waals surface area contributed by atoms with E-state index in [1.54, 1.807) is 53.6 Å². The van der Waals surface area contributed by atoms with E-state index in [1.165, 1.54) is 6.08 Å². The number of rotatable bonds is 12. The summed E-state index contributed by atoms with van der Waals surface area (Å²) in [6.07, 6.45) is 8.73. The van der Waals surface area contributed by atoms with Crippen molar-refractivity contribution >= 4 is 35.4 Å². The number of nitrogens with one attached hydrogen (secondary N) is 2. The number of hydrogen-bond acceptors (Lipinski definition) is 5. The first-order chi connectivity index (χ1) is 17.9. The van der Waals surface area contributed by atoms with Crippen LogP contribution in [-0.2, 0) is 25.5 Å². The molecule has 2 heterocycles. The van der Waals surface area contributed by atoms with Gasteiger partial charge in [0.05, 0.1) is 12.6 Å². The van der Waals surface area contributed by atoms with Crippen molar-refractivity contribution in [2.75, 3.05) is 26.2 Å². The summed E-state index contributed by atoms with van der Waals surface area (Å²) in [5.41, 5.74) is 1.46. The SMILES string of the molecule is CCCCOC1CCN(C(=O)CNC(=O)[C@H](Cc2ccccn2)NC(=O)/C=C/c2ccc(Cl)cc2)CC1. The van der Waals surface area contributed by atoms with Gasteiger partial charge in [-0.2, -0.15) is 0 Å². The standard InChI is InChI=1S/C28H35ClN4O4/c1-2-3-18-37-24-13-16-33(17-14-24)27(35)20-31-28(36)25(19-23-6-4-5-15-30-23)32-26(34)12-9-21-7-10-22(29)11-8-21/h4-12,15,24-25H,2-3,13-14,16-20H2,1H3,(H,31,36)(H,32,34)/b12-9+/t25-/m0/s1. The van der Waals surface area contributed by atoms with E-state index in [2.05, 4.69) is 22.5 Å². The molecule has 1 aromatic heterocycles. The molecule has 0 radical (unpaired) electrons. The normalized spacial score (nSPS) is 14.9. The first-order valence-electron chi connectivity index (χ1n) is 12.8. The Morgan fingerprint density at radius 1 is 1.16 bits per heavy atom. The van der Waals surface area contributed by atoms with Crippen LogP contribution < -0.4 is 10.6 Å². The predicted octanol–water partition coefficient (Wildman–Crippen LogP) is 3.40. The van der Waals surface area contributed by atoms with E-state index in [9.17, 15) is 14.4 Å². The predicted molar refractivity (Wildman–Crippen MR) is 144 cm³/mol. The lowest BCUT2D eigenvalue weighted by Gasteiger charge is -2.32. The van der Waals surface area contributed by atoms with Crippen molar-refractivity contribution in [3.8, 4) is 0 Å². The van der Waals surface area contributed by atoms with Gasteiger partial charge in [-0.05, 0) is 55.2 Å². The highest BCUT2D eigenvalue weighted by Gasteiger charge is 2.25. The van der Waals surface area contributed by atoms with Crippen molar-refractivity contribution in [1.29, 1.82) is 0 Å². The van der Waals surface area contributed by atoms with Gasteiger partial charge in [-0.25, -0.2) is 0 Å². The maximum absolute atomic E-state index is 13.0. The molecular formula is C28H35ClN4O4. The minimum atomic E-state index is -0.886. The Hall–Kier alpha value is -3.23. The van der Waals surface area contributed by atoms with Gasteiger partial charge in [0.2, 0.25) is 17.7 Å². The van der Waals surface area contributed by atoms with Crippen LogP contribution in [0.3, 0.4) is 0 Å². The number of amides is 3. The Morgan fingerprint density at radius 3 is 2.59 bits per heavy atom. The van der Waals surface area contributed by atoms with E-state index >= 15 is 0 Å². The van der Waals surface area contributed by atoms with Crippen molar-refractivity contribution in [2.24, 2.45) is 0 Å². The molecule has 0 unspecified atom stereocenters. The van der Waals surface area contributed by atoms with Crippen molar-refractivity contribution in [3.63, 3.8) is 0 Å². The van der Waals surface area contributed by atoms with Gasteiger partial charge in [0.15, 0.2) is 0 Å². The largest absolute Gasteiger partial charge is 0.378 e. The Morgan fingerprint density at radius 2 is 1.92 bits per heavy atom. The minimum absolute atomic E-state index is 0.130. The second-order valence-corrected chi connectivity index (χ2v) is 9.43. The highest BCUT2D eigenvalue weighted by atomic mass is 35.5. The molecule has 0 bridgehead atoms. The fourth-order valence-corrected chi connectivity index (χ4v) is 4.09. The molecular weight excluding hydrogens is 492 g/mol. The number of likely N-dealkylation sites (tertiary alicyclic amines) is 1. The second kappa shape index (κ2) is 15.1. The van der Waals surface area contributed by atoms with Crippen LogP contribution in [0, 0.1) is 0 Å².